The lowest BCUT2D eigenvalue weighted by Gasteiger charge is -2.10. The lowest BCUT2D eigenvalue weighted by atomic mass is 10.0. The van der Waals surface area contributed by atoms with Crippen molar-refractivity contribution < 1.29 is 4.39 Å². The van der Waals surface area contributed by atoms with Crippen LogP contribution < -0.4 is 11.1 Å². The van der Waals surface area contributed by atoms with E-state index in [1.807, 2.05) is 86.1 Å². The molecule has 0 unspecified atom stereocenters. The molecule has 0 amide bonds. The van der Waals surface area contributed by atoms with Crippen molar-refractivity contribution in [2.75, 3.05) is 18.1 Å². The number of para-hydroxylation sites is 2. The topological polar surface area (TPSA) is 125 Å². The number of fused-ring (bicyclic) bond motifs is 1. The molecule has 11 heteroatoms. The van der Waals surface area contributed by atoms with E-state index in [1.54, 1.807) is 10.9 Å². The number of hydrogen-bond donors (Lipinski definition) is 2. The Morgan fingerprint density at radius 1 is 0.923 bits per heavy atom. The molecule has 0 aliphatic heterocycles. The highest BCUT2D eigenvalue weighted by atomic mass is 19.1. The number of rotatable bonds is 6. The number of imidazole rings is 1. The molecule has 2 aromatic carbocycles. The molecule has 0 atom stereocenters. The highest BCUT2D eigenvalue weighted by Crippen LogP contribution is 2.29. The first kappa shape index (κ1) is 24.2. The summed E-state index contributed by atoms with van der Waals surface area (Å²) >= 11 is 0. The predicted octanol–water partition coefficient (Wildman–Crippen LogP) is 4.56. The van der Waals surface area contributed by atoms with Crippen molar-refractivity contribution >= 4 is 22.8 Å². The summed E-state index contributed by atoms with van der Waals surface area (Å²) in [5, 5.41) is 11.5. The van der Waals surface area contributed by atoms with Gasteiger partial charge >= 0.3 is 0 Å². The highest BCUT2D eigenvalue weighted by molar-refractivity contribution is 5.80. The average Bonchev–Trinajstić information content (AvgIpc) is 3.56. The number of nitrogen functional groups attached to an aromatic ring is 1. The van der Waals surface area contributed by atoms with E-state index in [0.29, 0.717) is 24.1 Å². The summed E-state index contributed by atoms with van der Waals surface area (Å²) in [5.41, 5.74) is 11.6. The molecule has 0 saturated heterocycles. The number of anilines is 2. The Morgan fingerprint density at radius 3 is 2.59 bits per heavy atom. The molecular weight excluding hydrogens is 495 g/mol. The molecule has 0 radical (unpaired) electrons. The first-order valence-corrected chi connectivity index (χ1v) is 12.3. The van der Waals surface area contributed by atoms with Crippen LogP contribution in [0.4, 0.5) is 16.2 Å². The third kappa shape index (κ3) is 4.33. The summed E-state index contributed by atoms with van der Waals surface area (Å²) in [6.45, 7) is 4.28. The number of nitrogens with zero attached hydrogens (tertiary/aromatic N) is 8. The van der Waals surface area contributed by atoms with Gasteiger partial charge in [0.15, 0.2) is 17.5 Å². The van der Waals surface area contributed by atoms with Gasteiger partial charge in [-0.25, -0.2) is 29.0 Å². The molecule has 0 aliphatic carbocycles. The van der Waals surface area contributed by atoms with Crippen molar-refractivity contribution in [1.29, 1.82) is 0 Å². The van der Waals surface area contributed by atoms with Crippen LogP contribution in [0.25, 0.3) is 39.6 Å². The molecule has 194 valence electrons. The van der Waals surface area contributed by atoms with Crippen molar-refractivity contribution in [3.63, 3.8) is 0 Å². The number of pyridine rings is 1. The van der Waals surface area contributed by atoms with Crippen LogP contribution in [0.15, 0.2) is 66.9 Å². The number of nitrogens with two attached hydrogens (primary N) is 1. The van der Waals surface area contributed by atoms with E-state index in [2.05, 4.69) is 30.6 Å². The fourth-order valence-corrected chi connectivity index (χ4v) is 4.50. The Hall–Kier alpha value is -5.19. The summed E-state index contributed by atoms with van der Waals surface area (Å²) in [4.78, 5) is 18.1. The van der Waals surface area contributed by atoms with Gasteiger partial charge in [0.05, 0.1) is 29.5 Å². The molecule has 4 heterocycles. The van der Waals surface area contributed by atoms with Gasteiger partial charge in [-0.05, 0) is 49.2 Å². The van der Waals surface area contributed by atoms with Gasteiger partial charge in [-0.1, -0.05) is 41.6 Å². The van der Waals surface area contributed by atoms with Gasteiger partial charge in [0.1, 0.15) is 17.2 Å². The molecule has 0 bridgehead atoms. The van der Waals surface area contributed by atoms with Gasteiger partial charge in [0, 0.05) is 12.6 Å². The van der Waals surface area contributed by atoms with Crippen LogP contribution in [0.1, 0.15) is 16.8 Å². The zero-order valence-corrected chi connectivity index (χ0v) is 21.6. The molecule has 0 aliphatic rings. The first-order chi connectivity index (χ1) is 18.9. The number of nitrogens with one attached hydrogen (secondary N) is 1. The average molecular weight is 521 g/mol. The van der Waals surface area contributed by atoms with E-state index in [0.717, 1.165) is 33.4 Å². The largest absolute Gasteiger partial charge is 0.381 e. The molecule has 0 fully saturated rings. The van der Waals surface area contributed by atoms with Crippen molar-refractivity contribution in [3.05, 3.63) is 89.5 Å². The summed E-state index contributed by atoms with van der Waals surface area (Å²) in [6, 6.07) is 19.4. The lowest BCUT2D eigenvalue weighted by Crippen LogP contribution is -2.07. The zero-order valence-electron chi connectivity index (χ0n) is 21.6. The van der Waals surface area contributed by atoms with Crippen LogP contribution in [0, 0.1) is 19.7 Å². The maximum atomic E-state index is 15.1. The fourth-order valence-electron chi connectivity index (χ4n) is 4.50. The van der Waals surface area contributed by atoms with Crippen molar-refractivity contribution in [2.45, 2.75) is 20.4 Å². The number of aromatic nitrogens is 8. The van der Waals surface area contributed by atoms with Crippen LogP contribution in [-0.4, -0.2) is 46.5 Å². The Bertz CT molecular complexity index is 1840. The number of aryl methyl sites for hydroxylation is 1. The van der Waals surface area contributed by atoms with E-state index in [-0.39, 0.29) is 17.2 Å². The summed E-state index contributed by atoms with van der Waals surface area (Å²) < 4.78 is 18.6. The normalized spacial score (nSPS) is 11.3. The molecule has 6 aromatic rings. The first-order valence-electron chi connectivity index (χ1n) is 12.3. The van der Waals surface area contributed by atoms with E-state index in [1.165, 1.54) is 0 Å². The molecule has 4 aromatic heterocycles. The molecule has 39 heavy (non-hydrogen) atoms. The number of hydrogen-bond acceptors (Lipinski definition) is 8. The second kappa shape index (κ2) is 9.60. The van der Waals surface area contributed by atoms with E-state index in [4.69, 9.17) is 10.7 Å². The van der Waals surface area contributed by atoms with Gasteiger partial charge in [-0.3, -0.25) is 4.57 Å². The van der Waals surface area contributed by atoms with Crippen LogP contribution in [0.2, 0.25) is 0 Å². The van der Waals surface area contributed by atoms with Crippen molar-refractivity contribution in [3.8, 4) is 28.6 Å². The van der Waals surface area contributed by atoms with Crippen LogP contribution in [-0.2, 0) is 6.54 Å². The van der Waals surface area contributed by atoms with E-state index in [9.17, 15) is 0 Å². The van der Waals surface area contributed by atoms with Crippen molar-refractivity contribution in [1.82, 2.24) is 39.5 Å². The van der Waals surface area contributed by atoms with E-state index >= 15 is 4.39 Å². The maximum absolute atomic E-state index is 15.1. The minimum atomic E-state index is -0.734. The standard InChI is InChI=1S/C28H25FN10/c1-16-8-6-10-19(17(16)2)27-34-25(24(29)26(30)35-27)21-15-38(37-36-21)14-18-9-7-13-23(32-18)39-22-12-5-4-11-20(22)33-28(39)31-3/h4-13,15H,14H2,1-3H3,(H,31,33)(H2,30,34,35). The van der Waals surface area contributed by atoms with E-state index < -0.39 is 5.82 Å². The van der Waals surface area contributed by atoms with Gasteiger partial charge in [-0.15, -0.1) is 5.10 Å². The maximum Gasteiger partial charge on any atom is 0.209 e. The highest BCUT2D eigenvalue weighted by Gasteiger charge is 2.19. The molecule has 10 nitrogen and oxygen atoms in total. The molecule has 6 rings (SSSR count). The third-order valence-electron chi connectivity index (χ3n) is 6.63. The second-order valence-corrected chi connectivity index (χ2v) is 9.14. The summed E-state index contributed by atoms with van der Waals surface area (Å²) in [7, 11) is 1.82. The van der Waals surface area contributed by atoms with Crippen LogP contribution >= 0.6 is 0 Å². The molecule has 0 spiro atoms. The predicted molar refractivity (Wildman–Crippen MR) is 148 cm³/mol. The quantitative estimate of drug-likeness (QED) is 0.327. The van der Waals surface area contributed by atoms with Crippen molar-refractivity contribution in [2.24, 2.45) is 0 Å². The fraction of sp³-hybridized carbons (Fsp3) is 0.143. The Kier molecular flexibility index (Phi) is 5.95. The molecule has 3 N–H and O–H groups in total. The smallest absolute Gasteiger partial charge is 0.209 e. The summed E-state index contributed by atoms with van der Waals surface area (Å²) in [6.07, 6.45) is 1.62. The minimum Gasteiger partial charge on any atom is -0.381 e. The zero-order chi connectivity index (χ0) is 27.1. The Balaban J connectivity index is 1.33. The molecular formula is C28H25FN10. The van der Waals surface area contributed by atoms with Gasteiger partial charge < -0.3 is 11.1 Å². The van der Waals surface area contributed by atoms with Crippen LogP contribution in [0.5, 0.6) is 0 Å². The monoisotopic (exact) mass is 520 g/mol. The van der Waals surface area contributed by atoms with Gasteiger partial charge in [-0.2, -0.15) is 0 Å². The molecule has 0 saturated carbocycles. The number of benzene rings is 2. The van der Waals surface area contributed by atoms with Crippen LogP contribution in [0.3, 0.4) is 0 Å². The van der Waals surface area contributed by atoms with Gasteiger partial charge in [0.25, 0.3) is 0 Å². The summed E-state index contributed by atoms with van der Waals surface area (Å²) in [5.74, 6) is 0.747. The lowest BCUT2D eigenvalue weighted by molar-refractivity contribution is 0.623. The SMILES string of the molecule is CNc1nc2ccccc2n1-c1cccc(Cn2cc(-c3nc(-c4cccc(C)c4C)nc(N)c3F)nn2)n1. The Morgan fingerprint density at radius 2 is 1.74 bits per heavy atom. The number of halogens is 1. The second-order valence-electron chi connectivity index (χ2n) is 9.14. The third-order valence-corrected chi connectivity index (χ3v) is 6.63. The minimum absolute atomic E-state index is 0.00471. The van der Waals surface area contributed by atoms with Gasteiger partial charge in [0.2, 0.25) is 5.95 Å². The Labute approximate surface area is 223 Å².